The summed E-state index contributed by atoms with van der Waals surface area (Å²) in [7, 11) is 0. The molecule has 0 aromatic carbocycles. The lowest BCUT2D eigenvalue weighted by atomic mass is 9.89. The monoisotopic (exact) mass is 542 g/mol. The molecular weight excluding hydrogens is 504 g/mol. The summed E-state index contributed by atoms with van der Waals surface area (Å²) in [4.78, 5) is 42.6. The van der Waals surface area contributed by atoms with Crippen molar-refractivity contribution in [3.05, 3.63) is 37.1 Å². The number of hydrogen-bond donors (Lipinski definition) is 5. The maximum Gasteiger partial charge on any atom is 0.342 e. The molecule has 3 aliphatic rings. The summed E-state index contributed by atoms with van der Waals surface area (Å²) < 4.78 is 0. The predicted octanol–water partition coefficient (Wildman–Crippen LogP) is 2.09. The highest BCUT2D eigenvalue weighted by molar-refractivity contribution is 6.41. The second kappa shape index (κ2) is 12.2. The van der Waals surface area contributed by atoms with Crippen molar-refractivity contribution >= 4 is 35.1 Å². The van der Waals surface area contributed by atoms with Crippen LogP contribution in [0.2, 0.25) is 0 Å². The SMILES string of the molecule is C=C1N=C(C(=O)NC(C)(C)C)NO1.C=C1NC(=O)N(C(C)(C)C)N=C1C#N.C=C1NN=C(C(C)(C)C)C(=O)N1. The Morgan fingerprint density at radius 2 is 1.62 bits per heavy atom. The van der Waals surface area contributed by atoms with Crippen molar-refractivity contribution in [3.8, 4) is 6.07 Å². The van der Waals surface area contributed by atoms with Gasteiger partial charge in [-0.2, -0.15) is 25.9 Å². The summed E-state index contributed by atoms with van der Waals surface area (Å²) in [5.74, 6) is 0.282. The second-order valence-electron chi connectivity index (χ2n) is 11.5. The zero-order chi connectivity index (χ0) is 30.3. The third kappa shape index (κ3) is 10.3. The molecule has 0 aliphatic carbocycles. The summed E-state index contributed by atoms with van der Waals surface area (Å²) in [5, 5.41) is 25.5. The van der Waals surface area contributed by atoms with E-state index in [0.717, 1.165) is 0 Å². The molecule has 0 aromatic rings. The van der Waals surface area contributed by atoms with Gasteiger partial charge in [0, 0.05) is 11.0 Å². The molecule has 0 fully saturated rings. The topological polar surface area (TPSA) is 185 Å². The van der Waals surface area contributed by atoms with Gasteiger partial charge in [0.25, 0.3) is 11.8 Å². The van der Waals surface area contributed by atoms with Crippen molar-refractivity contribution in [1.29, 1.82) is 5.26 Å². The number of rotatable bonds is 1. The average molecular weight is 543 g/mol. The number of aliphatic imine (C=N–C) groups is 1. The van der Waals surface area contributed by atoms with Gasteiger partial charge in [0.05, 0.1) is 11.2 Å². The highest BCUT2D eigenvalue weighted by atomic mass is 16.7. The fraction of sp³-hybridized carbons (Fsp3) is 0.480. The predicted molar refractivity (Wildman–Crippen MR) is 148 cm³/mol. The maximum atomic E-state index is 11.5. The minimum absolute atomic E-state index is 0.138. The highest BCUT2D eigenvalue weighted by Crippen LogP contribution is 2.18. The number of amidine groups is 1. The number of carbonyl (C=O) groups is 3. The number of hydrogen-bond acceptors (Lipinski definition) is 10. The van der Waals surface area contributed by atoms with Crippen LogP contribution in [0.15, 0.2) is 52.3 Å². The van der Waals surface area contributed by atoms with Gasteiger partial charge >= 0.3 is 6.03 Å². The molecule has 5 N–H and O–H groups in total. The van der Waals surface area contributed by atoms with E-state index in [-0.39, 0.29) is 51.9 Å². The number of hydrazone groups is 2. The molecule has 3 rings (SSSR count). The third-order valence-electron chi connectivity index (χ3n) is 4.38. The molecule has 14 heteroatoms. The van der Waals surface area contributed by atoms with Crippen LogP contribution in [-0.4, -0.2) is 51.2 Å². The number of nitriles is 1. The summed E-state index contributed by atoms with van der Waals surface area (Å²) in [6, 6.07) is 1.51. The Hall–Kier alpha value is -4.67. The van der Waals surface area contributed by atoms with Gasteiger partial charge in [-0.3, -0.25) is 15.0 Å². The first-order valence-corrected chi connectivity index (χ1v) is 11.8. The molecule has 0 saturated carbocycles. The Morgan fingerprint density at radius 3 is 2.03 bits per heavy atom. The number of nitrogens with zero attached hydrogens (tertiary/aromatic N) is 5. The van der Waals surface area contributed by atoms with Crippen LogP contribution in [0.25, 0.3) is 0 Å². The number of allylic oxidation sites excluding steroid dienone is 1. The van der Waals surface area contributed by atoms with Crippen LogP contribution in [0.4, 0.5) is 4.79 Å². The number of amides is 4. The van der Waals surface area contributed by atoms with Gasteiger partial charge < -0.3 is 20.8 Å². The number of carbonyl (C=O) groups excluding carboxylic acids is 3. The molecule has 3 heterocycles. The standard InChI is InChI=1S/C9H12N4O.C8H13N3O2.C8H13N3O/c1-6-7(5-10)12-13(8(14)11-6)9(2,3)4;1-5-9-6(11-13-5)7(12)10-8(2,3)4;1-5-9-7(12)6(11-10-5)8(2,3)4/h1H2,2-4H3,(H,11,14);1H2,2-4H3,(H,9,11)(H,10,12);10H,1H2,2-4H3,(H,9,12). The molecule has 0 spiro atoms. The fourth-order valence-corrected chi connectivity index (χ4v) is 2.67. The molecule has 14 nitrogen and oxygen atoms in total. The van der Waals surface area contributed by atoms with E-state index in [0.29, 0.717) is 11.5 Å². The van der Waals surface area contributed by atoms with Gasteiger partial charge in [-0.1, -0.05) is 33.9 Å². The summed E-state index contributed by atoms with van der Waals surface area (Å²) in [6.07, 6.45) is 0. The minimum Gasteiger partial charge on any atom is -0.361 e. The van der Waals surface area contributed by atoms with Crippen molar-refractivity contribution in [1.82, 2.24) is 31.9 Å². The Morgan fingerprint density at radius 1 is 1.03 bits per heavy atom. The first-order chi connectivity index (χ1) is 17.7. The highest BCUT2D eigenvalue weighted by Gasteiger charge is 2.31. The quantitative estimate of drug-likeness (QED) is 0.336. The van der Waals surface area contributed by atoms with Crippen molar-refractivity contribution in [2.24, 2.45) is 20.6 Å². The third-order valence-corrected chi connectivity index (χ3v) is 4.38. The fourth-order valence-electron chi connectivity index (χ4n) is 2.67. The van der Waals surface area contributed by atoms with Gasteiger partial charge in [0.15, 0.2) is 5.71 Å². The first-order valence-electron chi connectivity index (χ1n) is 11.8. The zero-order valence-electron chi connectivity index (χ0n) is 24.0. The van der Waals surface area contributed by atoms with E-state index in [2.05, 4.69) is 61.8 Å². The molecule has 0 radical (unpaired) electrons. The van der Waals surface area contributed by atoms with Crippen molar-refractivity contribution < 1.29 is 19.2 Å². The van der Waals surface area contributed by atoms with E-state index in [1.807, 2.05) is 68.4 Å². The van der Waals surface area contributed by atoms with Gasteiger partial charge in [-0.05, 0) is 48.1 Å². The van der Waals surface area contributed by atoms with Crippen LogP contribution in [-0.2, 0) is 14.4 Å². The Kier molecular flexibility index (Phi) is 10.2. The number of urea groups is 1. The Balaban J connectivity index is 0.000000293. The van der Waals surface area contributed by atoms with Crippen LogP contribution in [0.3, 0.4) is 0 Å². The molecule has 3 aliphatic heterocycles. The summed E-state index contributed by atoms with van der Waals surface area (Å²) >= 11 is 0. The molecule has 0 atom stereocenters. The van der Waals surface area contributed by atoms with Crippen LogP contribution >= 0.6 is 0 Å². The van der Waals surface area contributed by atoms with Crippen LogP contribution in [0.1, 0.15) is 62.3 Å². The van der Waals surface area contributed by atoms with Crippen LogP contribution in [0.5, 0.6) is 0 Å². The van der Waals surface area contributed by atoms with Crippen molar-refractivity contribution in [3.63, 3.8) is 0 Å². The maximum absolute atomic E-state index is 11.5. The largest absolute Gasteiger partial charge is 0.361 e. The van der Waals surface area contributed by atoms with Gasteiger partial charge in [-0.15, -0.1) is 0 Å². The van der Waals surface area contributed by atoms with E-state index in [9.17, 15) is 14.4 Å². The molecule has 0 saturated heterocycles. The van der Waals surface area contributed by atoms with Gasteiger partial charge in [0.2, 0.25) is 11.7 Å². The molecule has 0 unspecified atom stereocenters. The lowest BCUT2D eigenvalue weighted by Crippen LogP contribution is -2.51. The van der Waals surface area contributed by atoms with Gasteiger partial charge in [0.1, 0.15) is 17.6 Å². The van der Waals surface area contributed by atoms with E-state index in [1.54, 1.807) is 0 Å². The van der Waals surface area contributed by atoms with Gasteiger partial charge in [-0.25, -0.2) is 9.80 Å². The number of nitrogens with one attached hydrogen (secondary N) is 5. The van der Waals surface area contributed by atoms with Crippen LogP contribution in [0, 0.1) is 16.7 Å². The molecule has 0 aromatic heterocycles. The van der Waals surface area contributed by atoms with E-state index in [1.165, 1.54) is 5.01 Å². The molecule has 39 heavy (non-hydrogen) atoms. The van der Waals surface area contributed by atoms with Crippen molar-refractivity contribution in [2.45, 2.75) is 73.4 Å². The zero-order valence-corrected chi connectivity index (χ0v) is 24.0. The lowest BCUT2D eigenvalue weighted by molar-refractivity contribution is -0.116. The van der Waals surface area contributed by atoms with Crippen molar-refractivity contribution in [2.75, 3.05) is 0 Å². The lowest BCUT2D eigenvalue weighted by Gasteiger charge is -2.33. The summed E-state index contributed by atoms with van der Waals surface area (Å²) in [5.41, 5.74) is 4.90. The normalized spacial score (nSPS) is 17.1. The first kappa shape index (κ1) is 32.4. The smallest absolute Gasteiger partial charge is 0.342 e. The number of hydroxylamine groups is 1. The van der Waals surface area contributed by atoms with Crippen LogP contribution < -0.4 is 26.9 Å². The second-order valence-corrected chi connectivity index (χ2v) is 11.5. The Bertz CT molecular complexity index is 1190. The summed E-state index contributed by atoms with van der Waals surface area (Å²) in [6.45, 7) is 27.4. The molecule has 4 amide bonds. The molecule has 0 bridgehead atoms. The van der Waals surface area contributed by atoms with E-state index < -0.39 is 5.54 Å². The Labute approximate surface area is 229 Å². The minimum atomic E-state index is -0.452. The average Bonchev–Trinajstić information content (AvgIpc) is 3.18. The van der Waals surface area contributed by atoms with E-state index in [4.69, 9.17) is 10.1 Å². The molecular formula is C25H38N10O4. The molecule has 212 valence electrons. The van der Waals surface area contributed by atoms with E-state index >= 15 is 0 Å².